The summed E-state index contributed by atoms with van der Waals surface area (Å²) in [6.45, 7) is 5.16. The molecule has 3 aliphatic carbocycles. The second kappa shape index (κ2) is 4.67. The fourth-order valence-electron chi connectivity index (χ4n) is 5.03. The first-order valence-electron chi connectivity index (χ1n) is 8.77. The van der Waals surface area contributed by atoms with Gasteiger partial charge in [-0.1, -0.05) is 13.8 Å². The Bertz CT molecular complexity index is 634. The molecular formula is C17H27N3OS. The van der Waals surface area contributed by atoms with Crippen LogP contribution in [0.1, 0.15) is 58.8 Å². The minimum absolute atomic E-state index is 0.101. The number of rotatable bonds is 7. The van der Waals surface area contributed by atoms with E-state index in [1.54, 1.807) is 6.33 Å². The van der Waals surface area contributed by atoms with Crippen molar-refractivity contribution in [3.8, 4) is 0 Å². The van der Waals surface area contributed by atoms with E-state index >= 15 is 0 Å². The highest BCUT2D eigenvalue weighted by atomic mass is 32.1. The van der Waals surface area contributed by atoms with Crippen LogP contribution in [0.4, 0.5) is 0 Å². The maximum absolute atomic E-state index is 11.5. The summed E-state index contributed by atoms with van der Waals surface area (Å²) in [6.07, 6.45) is 9.85. The van der Waals surface area contributed by atoms with Gasteiger partial charge in [-0.25, -0.2) is 4.98 Å². The Morgan fingerprint density at radius 1 is 1.50 bits per heavy atom. The van der Waals surface area contributed by atoms with Gasteiger partial charge in [0, 0.05) is 5.41 Å². The van der Waals surface area contributed by atoms with Crippen LogP contribution in [0.3, 0.4) is 0 Å². The fourth-order valence-corrected chi connectivity index (χ4v) is 5.20. The van der Waals surface area contributed by atoms with Crippen LogP contribution in [0.2, 0.25) is 0 Å². The Morgan fingerprint density at radius 3 is 2.68 bits per heavy atom. The second-order valence-electron chi connectivity index (χ2n) is 8.20. The average molecular weight is 321 g/mol. The van der Waals surface area contributed by atoms with Gasteiger partial charge in [-0.3, -0.25) is 9.78 Å². The van der Waals surface area contributed by atoms with E-state index in [4.69, 9.17) is 12.2 Å². The topological polar surface area (TPSA) is 53.8 Å². The van der Waals surface area contributed by atoms with Crippen molar-refractivity contribution in [2.24, 2.45) is 22.7 Å². The summed E-state index contributed by atoms with van der Waals surface area (Å²) in [5.74, 6) is 1.78. The Labute approximate surface area is 137 Å². The Kier molecular flexibility index (Phi) is 3.16. The highest BCUT2D eigenvalue weighted by Gasteiger charge is 2.68. The van der Waals surface area contributed by atoms with Gasteiger partial charge in [-0.15, -0.1) is 0 Å². The molecule has 3 saturated carbocycles. The Hall–Kier alpha value is -0.680. The summed E-state index contributed by atoms with van der Waals surface area (Å²) in [4.78, 5) is 4.09. The van der Waals surface area contributed by atoms with E-state index in [1.807, 2.05) is 4.68 Å². The molecule has 0 aliphatic heterocycles. The minimum Gasteiger partial charge on any atom is -0.387 e. The molecule has 22 heavy (non-hydrogen) atoms. The van der Waals surface area contributed by atoms with Gasteiger partial charge >= 0.3 is 0 Å². The van der Waals surface area contributed by atoms with Crippen molar-refractivity contribution in [3.05, 3.63) is 11.1 Å². The maximum atomic E-state index is 11.5. The van der Waals surface area contributed by atoms with Crippen LogP contribution in [-0.2, 0) is 6.54 Å². The number of hydrogen-bond acceptors (Lipinski definition) is 3. The lowest BCUT2D eigenvalue weighted by atomic mass is 9.78. The van der Waals surface area contributed by atoms with Crippen LogP contribution in [0.5, 0.6) is 0 Å². The molecule has 0 bridgehead atoms. The molecule has 1 aromatic heterocycles. The van der Waals surface area contributed by atoms with E-state index in [1.165, 1.54) is 19.3 Å². The number of nitrogens with one attached hydrogen (secondary N) is 1. The van der Waals surface area contributed by atoms with E-state index in [0.29, 0.717) is 16.7 Å². The molecule has 5 heteroatoms. The summed E-state index contributed by atoms with van der Waals surface area (Å²) < 4.78 is 2.39. The third-order valence-electron chi connectivity index (χ3n) is 7.25. The summed E-state index contributed by atoms with van der Waals surface area (Å²) in [5.41, 5.74) is 0.146. The molecule has 2 N–H and O–H groups in total. The van der Waals surface area contributed by atoms with Crippen LogP contribution < -0.4 is 0 Å². The van der Waals surface area contributed by atoms with Crippen LogP contribution in [0.25, 0.3) is 0 Å². The molecule has 122 valence electrons. The molecule has 0 aromatic carbocycles. The molecular weight excluding hydrogens is 294 g/mol. The lowest BCUT2D eigenvalue weighted by molar-refractivity contribution is -0.0620. The molecule has 0 saturated heterocycles. The molecule has 3 fully saturated rings. The maximum Gasteiger partial charge on any atom is 0.215 e. The van der Waals surface area contributed by atoms with Gasteiger partial charge in [-0.2, -0.15) is 0 Å². The molecule has 4 nitrogen and oxygen atoms in total. The summed E-state index contributed by atoms with van der Waals surface area (Å²) in [7, 11) is 0. The molecule has 1 spiro atoms. The van der Waals surface area contributed by atoms with Crippen LogP contribution >= 0.6 is 12.2 Å². The van der Waals surface area contributed by atoms with Gasteiger partial charge < -0.3 is 5.11 Å². The van der Waals surface area contributed by atoms with Gasteiger partial charge in [0.15, 0.2) is 0 Å². The fraction of sp³-hybridized carbons (Fsp3) is 0.882. The van der Waals surface area contributed by atoms with Crippen molar-refractivity contribution in [2.75, 3.05) is 0 Å². The SMILES string of the molecule is CCC1(C(O)(CCC2CC23CC3C)Cn2[nH]cnc2=S)CC1. The van der Waals surface area contributed by atoms with E-state index in [0.717, 1.165) is 37.5 Å². The first-order chi connectivity index (χ1) is 10.4. The highest BCUT2D eigenvalue weighted by Crippen LogP contribution is 2.76. The summed E-state index contributed by atoms with van der Waals surface area (Å²) >= 11 is 5.25. The van der Waals surface area contributed by atoms with E-state index < -0.39 is 5.60 Å². The number of aromatic amines is 1. The lowest BCUT2D eigenvalue weighted by Gasteiger charge is -2.37. The van der Waals surface area contributed by atoms with Gasteiger partial charge in [0.25, 0.3) is 0 Å². The van der Waals surface area contributed by atoms with Crippen LogP contribution in [0, 0.1) is 27.4 Å². The molecule has 4 rings (SSSR count). The predicted molar refractivity (Wildman–Crippen MR) is 87.9 cm³/mol. The zero-order valence-electron chi connectivity index (χ0n) is 13.6. The zero-order valence-corrected chi connectivity index (χ0v) is 14.5. The molecule has 0 radical (unpaired) electrons. The average Bonchev–Trinajstić information content (AvgIpc) is 3.41. The Balaban J connectivity index is 1.49. The number of nitrogens with zero attached hydrogens (tertiary/aromatic N) is 2. The second-order valence-corrected chi connectivity index (χ2v) is 8.56. The number of H-pyrrole nitrogens is 1. The summed E-state index contributed by atoms with van der Waals surface area (Å²) in [6, 6.07) is 0. The quantitative estimate of drug-likeness (QED) is 0.753. The van der Waals surface area contributed by atoms with Gasteiger partial charge in [-0.05, 0) is 74.4 Å². The lowest BCUT2D eigenvalue weighted by Crippen LogP contribution is -2.44. The predicted octanol–water partition coefficient (Wildman–Crippen LogP) is 3.69. The van der Waals surface area contributed by atoms with Crippen LogP contribution in [-0.4, -0.2) is 25.5 Å². The van der Waals surface area contributed by atoms with Gasteiger partial charge in [0.05, 0.1) is 12.1 Å². The van der Waals surface area contributed by atoms with Crippen molar-refractivity contribution < 1.29 is 5.11 Å². The molecule has 0 amide bonds. The normalized spacial score (nSPS) is 37.0. The Morgan fingerprint density at radius 2 is 2.23 bits per heavy atom. The largest absolute Gasteiger partial charge is 0.387 e. The highest BCUT2D eigenvalue weighted by molar-refractivity contribution is 7.71. The third-order valence-corrected chi connectivity index (χ3v) is 7.58. The van der Waals surface area contributed by atoms with E-state index in [-0.39, 0.29) is 5.41 Å². The van der Waals surface area contributed by atoms with Crippen molar-refractivity contribution in [2.45, 2.75) is 70.9 Å². The van der Waals surface area contributed by atoms with E-state index in [2.05, 4.69) is 23.9 Å². The molecule has 3 aliphatic rings. The molecule has 1 heterocycles. The molecule has 4 atom stereocenters. The van der Waals surface area contributed by atoms with Crippen LogP contribution in [0.15, 0.2) is 6.33 Å². The number of aliphatic hydroxyl groups is 1. The van der Waals surface area contributed by atoms with Crippen molar-refractivity contribution >= 4 is 12.2 Å². The van der Waals surface area contributed by atoms with Gasteiger partial charge in [0.2, 0.25) is 4.77 Å². The zero-order chi connectivity index (χ0) is 15.6. The number of aromatic nitrogens is 3. The smallest absolute Gasteiger partial charge is 0.215 e. The van der Waals surface area contributed by atoms with Gasteiger partial charge in [0.1, 0.15) is 6.33 Å². The van der Waals surface area contributed by atoms with Crippen molar-refractivity contribution in [1.82, 2.24) is 14.8 Å². The molecule has 1 aromatic rings. The first kappa shape index (κ1) is 14.9. The molecule has 4 unspecified atom stereocenters. The standard InChI is InChI=1S/C17H27N3OS/c1-3-15(6-7-15)17(21,10-20-14(22)18-11-19-20)5-4-13-9-16(13)8-12(16)2/h11-13,21H,3-10H2,1-2H3,(H,18,19,22). The first-order valence-corrected chi connectivity index (χ1v) is 9.18. The van der Waals surface area contributed by atoms with Crippen molar-refractivity contribution in [1.29, 1.82) is 0 Å². The van der Waals surface area contributed by atoms with E-state index in [9.17, 15) is 5.11 Å². The van der Waals surface area contributed by atoms with Crippen molar-refractivity contribution in [3.63, 3.8) is 0 Å². The minimum atomic E-state index is -0.644. The monoisotopic (exact) mass is 321 g/mol. The summed E-state index contributed by atoms with van der Waals surface area (Å²) in [5, 5.41) is 14.6. The third kappa shape index (κ3) is 2.12. The number of hydrogen-bond donors (Lipinski definition) is 2.